The molecule has 2 aromatic rings. The topological polar surface area (TPSA) is 71.8 Å². The lowest BCUT2D eigenvalue weighted by Crippen LogP contribution is -2.35. The van der Waals surface area contributed by atoms with E-state index >= 15 is 0 Å². The van der Waals surface area contributed by atoms with Gasteiger partial charge >= 0.3 is 0 Å². The van der Waals surface area contributed by atoms with Crippen molar-refractivity contribution < 1.29 is 4.79 Å². The van der Waals surface area contributed by atoms with Gasteiger partial charge in [-0.25, -0.2) is 0 Å². The van der Waals surface area contributed by atoms with E-state index in [-0.39, 0.29) is 24.4 Å². The van der Waals surface area contributed by atoms with Crippen LogP contribution in [0.2, 0.25) is 0 Å². The minimum Gasteiger partial charge on any atom is -0.325 e. The Bertz CT molecular complexity index is 664. The number of carbonyl (C=O) groups excluding carboxylic acids is 1. The van der Waals surface area contributed by atoms with E-state index < -0.39 is 0 Å². The Morgan fingerprint density at radius 3 is 2.86 bits per heavy atom. The van der Waals surface area contributed by atoms with Crippen LogP contribution in [0.5, 0.6) is 0 Å². The van der Waals surface area contributed by atoms with Gasteiger partial charge in [0.05, 0.1) is 6.04 Å². The molecule has 1 amide bonds. The number of aryl methyl sites for hydroxylation is 1. The summed E-state index contributed by atoms with van der Waals surface area (Å²) in [5, 5.41) is 14.4. The van der Waals surface area contributed by atoms with E-state index in [0.717, 1.165) is 42.3 Å². The van der Waals surface area contributed by atoms with Gasteiger partial charge < -0.3 is 15.2 Å². The summed E-state index contributed by atoms with van der Waals surface area (Å²) < 4.78 is 1.93. The fourth-order valence-corrected chi connectivity index (χ4v) is 2.53. The fraction of sp³-hybridized carbons (Fsp3) is 0.400. The fourth-order valence-electron chi connectivity index (χ4n) is 2.53. The largest absolute Gasteiger partial charge is 0.325 e. The maximum Gasteiger partial charge on any atom is 0.241 e. The minimum atomic E-state index is -0.0780. The summed E-state index contributed by atoms with van der Waals surface area (Å²) in [6.45, 7) is 2.82. The first kappa shape index (κ1) is 16.5. The Morgan fingerprint density at radius 1 is 1.41 bits per heavy atom. The van der Waals surface area contributed by atoms with Crippen molar-refractivity contribution in [3.05, 3.63) is 30.1 Å². The lowest BCUT2D eigenvalue weighted by atomic mass is 10.1. The molecule has 118 valence electrons. The van der Waals surface area contributed by atoms with Crippen LogP contribution in [-0.2, 0) is 11.8 Å². The second kappa shape index (κ2) is 6.89. The van der Waals surface area contributed by atoms with Crippen molar-refractivity contribution in [2.24, 2.45) is 7.05 Å². The van der Waals surface area contributed by atoms with E-state index in [2.05, 4.69) is 20.8 Å². The van der Waals surface area contributed by atoms with E-state index in [0.29, 0.717) is 0 Å². The van der Waals surface area contributed by atoms with Crippen molar-refractivity contribution in [2.45, 2.75) is 25.8 Å². The maximum atomic E-state index is 12.1. The average molecular weight is 322 g/mol. The first-order chi connectivity index (χ1) is 10.1. The number of aromatic nitrogens is 3. The summed E-state index contributed by atoms with van der Waals surface area (Å²) in [5.41, 5.74) is 1.72. The molecular weight excluding hydrogens is 302 g/mol. The van der Waals surface area contributed by atoms with Gasteiger partial charge in [0.25, 0.3) is 0 Å². The van der Waals surface area contributed by atoms with Crippen molar-refractivity contribution in [3.63, 3.8) is 0 Å². The van der Waals surface area contributed by atoms with Gasteiger partial charge in [-0.1, -0.05) is 12.1 Å². The van der Waals surface area contributed by atoms with Crippen LogP contribution in [0.1, 0.15) is 18.7 Å². The van der Waals surface area contributed by atoms with Gasteiger partial charge in [0, 0.05) is 18.3 Å². The highest BCUT2D eigenvalue weighted by Crippen LogP contribution is 2.21. The third-order valence-electron chi connectivity index (χ3n) is 3.86. The van der Waals surface area contributed by atoms with Crippen LogP contribution >= 0.6 is 12.4 Å². The number of nitrogens with one attached hydrogen (secondary N) is 2. The monoisotopic (exact) mass is 321 g/mol. The van der Waals surface area contributed by atoms with Crippen LogP contribution in [0.4, 0.5) is 5.69 Å². The lowest BCUT2D eigenvalue weighted by Gasteiger charge is -2.12. The van der Waals surface area contributed by atoms with Crippen molar-refractivity contribution in [1.82, 2.24) is 20.1 Å². The van der Waals surface area contributed by atoms with Crippen LogP contribution in [0.3, 0.4) is 0 Å². The van der Waals surface area contributed by atoms with Gasteiger partial charge in [0.2, 0.25) is 5.91 Å². The maximum absolute atomic E-state index is 12.1. The molecular formula is C15H20ClN5O. The van der Waals surface area contributed by atoms with Gasteiger partial charge in [-0.3, -0.25) is 4.79 Å². The van der Waals surface area contributed by atoms with Gasteiger partial charge in [-0.05, 0) is 38.4 Å². The third kappa shape index (κ3) is 3.28. The smallest absolute Gasteiger partial charge is 0.241 e. The molecule has 1 fully saturated rings. The number of hydrogen-bond acceptors (Lipinski definition) is 4. The first-order valence-corrected chi connectivity index (χ1v) is 7.16. The Labute approximate surface area is 135 Å². The van der Waals surface area contributed by atoms with Gasteiger partial charge in [0.1, 0.15) is 5.82 Å². The van der Waals surface area contributed by atoms with Gasteiger partial charge in [-0.2, -0.15) is 0 Å². The Hall–Kier alpha value is -1.92. The number of nitrogens with zero attached hydrogens (tertiary/aromatic N) is 3. The molecule has 3 rings (SSSR count). The molecule has 1 unspecified atom stereocenters. The molecule has 2 N–H and O–H groups in total. The number of halogens is 1. The molecule has 0 saturated carbocycles. The molecule has 0 aliphatic carbocycles. The number of amides is 1. The van der Waals surface area contributed by atoms with E-state index in [1.807, 2.05) is 42.8 Å². The van der Waals surface area contributed by atoms with Crippen molar-refractivity contribution in [3.8, 4) is 11.4 Å². The summed E-state index contributed by atoms with van der Waals surface area (Å²) in [5.74, 6) is 1.68. The molecule has 0 bridgehead atoms. The Kier molecular flexibility index (Phi) is 5.15. The van der Waals surface area contributed by atoms with Crippen LogP contribution in [-0.4, -0.2) is 33.3 Å². The number of benzene rings is 1. The SMILES string of the molecule is Cc1nnc(-c2cccc(NC(=O)C3CCCN3)c2)n1C.Cl. The highest BCUT2D eigenvalue weighted by atomic mass is 35.5. The second-order valence-electron chi connectivity index (χ2n) is 5.35. The molecule has 7 heteroatoms. The Balaban J connectivity index is 0.00000176. The van der Waals surface area contributed by atoms with Crippen molar-refractivity contribution in [1.29, 1.82) is 0 Å². The summed E-state index contributed by atoms with van der Waals surface area (Å²) in [7, 11) is 1.93. The zero-order valence-electron chi connectivity index (χ0n) is 12.7. The highest BCUT2D eigenvalue weighted by Gasteiger charge is 2.22. The van der Waals surface area contributed by atoms with Crippen molar-refractivity contribution in [2.75, 3.05) is 11.9 Å². The normalized spacial score (nSPS) is 17.1. The molecule has 0 radical (unpaired) electrons. The molecule has 1 atom stereocenters. The summed E-state index contributed by atoms with van der Waals surface area (Å²) in [4.78, 5) is 12.1. The number of hydrogen-bond donors (Lipinski definition) is 2. The highest BCUT2D eigenvalue weighted by molar-refractivity contribution is 5.95. The van der Waals surface area contributed by atoms with E-state index in [1.54, 1.807) is 0 Å². The Morgan fingerprint density at radius 2 is 2.23 bits per heavy atom. The predicted octanol–water partition coefficient (Wildman–Crippen LogP) is 1.90. The van der Waals surface area contributed by atoms with E-state index in [4.69, 9.17) is 0 Å². The van der Waals surface area contributed by atoms with Crippen LogP contribution in [0.25, 0.3) is 11.4 Å². The molecule has 1 saturated heterocycles. The van der Waals surface area contributed by atoms with Gasteiger partial charge in [-0.15, -0.1) is 22.6 Å². The number of anilines is 1. The third-order valence-corrected chi connectivity index (χ3v) is 3.86. The lowest BCUT2D eigenvalue weighted by molar-refractivity contribution is -0.117. The predicted molar refractivity (Wildman–Crippen MR) is 88.1 cm³/mol. The molecule has 6 nitrogen and oxygen atoms in total. The molecule has 0 spiro atoms. The number of rotatable bonds is 3. The van der Waals surface area contributed by atoms with E-state index in [9.17, 15) is 4.79 Å². The summed E-state index contributed by atoms with van der Waals surface area (Å²) >= 11 is 0. The van der Waals surface area contributed by atoms with E-state index in [1.165, 1.54) is 0 Å². The first-order valence-electron chi connectivity index (χ1n) is 7.16. The van der Waals surface area contributed by atoms with Crippen LogP contribution in [0, 0.1) is 6.92 Å². The summed E-state index contributed by atoms with van der Waals surface area (Å²) in [6, 6.07) is 7.62. The molecule has 22 heavy (non-hydrogen) atoms. The number of carbonyl (C=O) groups is 1. The van der Waals surface area contributed by atoms with Crippen molar-refractivity contribution >= 4 is 24.0 Å². The van der Waals surface area contributed by atoms with Crippen LogP contribution < -0.4 is 10.6 Å². The minimum absolute atomic E-state index is 0. The standard InChI is InChI=1S/C15H19N5O.ClH/c1-10-18-19-14(20(10)2)11-5-3-6-12(9-11)17-15(21)13-7-4-8-16-13;/h3,5-6,9,13,16H,4,7-8H2,1-2H3,(H,17,21);1H. The molecule has 1 aliphatic heterocycles. The van der Waals surface area contributed by atoms with Gasteiger partial charge in [0.15, 0.2) is 5.82 Å². The molecule has 1 aromatic carbocycles. The molecule has 1 aromatic heterocycles. The average Bonchev–Trinajstić information content (AvgIpc) is 3.11. The molecule has 2 heterocycles. The zero-order chi connectivity index (χ0) is 14.8. The quantitative estimate of drug-likeness (QED) is 0.905. The summed E-state index contributed by atoms with van der Waals surface area (Å²) in [6.07, 6.45) is 1.95. The van der Waals surface area contributed by atoms with Crippen LogP contribution in [0.15, 0.2) is 24.3 Å². The zero-order valence-corrected chi connectivity index (χ0v) is 13.5. The molecule has 1 aliphatic rings. The second-order valence-corrected chi connectivity index (χ2v) is 5.35.